The summed E-state index contributed by atoms with van der Waals surface area (Å²) < 4.78 is 23.0. The van der Waals surface area contributed by atoms with Crippen molar-refractivity contribution < 1.29 is 18.3 Å². The molecule has 0 aliphatic heterocycles. The molecule has 22 heavy (non-hydrogen) atoms. The summed E-state index contributed by atoms with van der Waals surface area (Å²) in [5.41, 5.74) is 0.941. The first-order valence-electron chi connectivity index (χ1n) is 6.69. The van der Waals surface area contributed by atoms with Gasteiger partial charge in [0.05, 0.1) is 11.0 Å². The van der Waals surface area contributed by atoms with Crippen molar-refractivity contribution in [2.75, 3.05) is 12.8 Å². The van der Waals surface area contributed by atoms with Gasteiger partial charge in [-0.05, 0) is 23.8 Å². The molecule has 2 N–H and O–H groups in total. The molecule has 0 bridgehead atoms. The molecular weight excluding hydrogens is 302 g/mol. The Labute approximate surface area is 129 Å². The zero-order chi connectivity index (χ0) is 16.2. The summed E-state index contributed by atoms with van der Waals surface area (Å²) in [5, 5.41) is 12.6. The maximum atomic E-state index is 12.0. The number of benzene rings is 2. The Bertz CT molecular complexity index is 757. The van der Waals surface area contributed by atoms with Crippen LogP contribution in [0.25, 0.3) is 0 Å². The van der Waals surface area contributed by atoms with Crippen LogP contribution in [0.4, 0.5) is 0 Å². The minimum absolute atomic E-state index is 0.0476. The smallest absolute Gasteiger partial charge is 0.251 e. The van der Waals surface area contributed by atoms with Crippen LogP contribution in [0.2, 0.25) is 0 Å². The zero-order valence-electron chi connectivity index (χ0n) is 12.1. The van der Waals surface area contributed by atoms with Gasteiger partial charge in [-0.2, -0.15) is 0 Å². The Kier molecular flexibility index (Phi) is 4.95. The largest absolute Gasteiger partial charge is 0.387 e. The van der Waals surface area contributed by atoms with Gasteiger partial charge in [-0.3, -0.25) is 4.79 Å². The van der Waals surface area contributed by atoms with Crippen LogP contribution in [-0.2, 0) is 9.84 Å². The Hall–Kier alpha value is -2.18. The second-order valence-electron chi connectivity index (χ2n) is 4.94. The molecule has 1 amide bonds. The lowest BCUT2D eigenvalue weighted by Crippen LogP contribution is -2.28. The van der Waals surface area contributed by atoms with Crippen molar-refractivity contribution in [3.8, 4) is 0 Å². The van der Waals surface area contributed by atoms with Crippen molar-refractivity contribution in [1.29, 1.82) is 0 Å². The van der Waals surface area contributed by atoms with Crippen LogP contribution < -0.4 is 5.32 Å². The van der Waals surface area contributed by atoms with Gasteiger partial charge in [0.2, 0.25) is 0 Å². The Morgan fingerprint density at radius 3 is 2.45 bits per heavy atom. The molecule has 0 saturated carbocycles. The summed E-state index contributed by atoms with van der Waals surface area (Å²) >= 11 is 0. The van der Waals surface area contributed by atoms with E-state index in [0.717, 1.165) is 6.26 Å². The topological polar surface area (TPSA) is 83.5 Å². The first-order chi connectivity index (χ1) is 10.4. The highest BCUT2D eigenvalue weighted by Crippen LogP contribution is 2.13. The SMILES string of the molecule is CS(=O)(=O)c1cccc(C(=O)NCC(O)c2ccccc2)c1. The average Bonchev–Trinajstić information content (AvgIpc) is 2.52. The van der Waals surface area contributed by atoms with E-state index in [2.05, 4.69) is 5.32 Å². The minimum atomic E-state index is -3.36. The van der Waals surface area contributed by atoms with Crippen LogP contribution in [0.3, 0.4) is 0 Å². The molecule has 0 saturated heterocycles. The first-order valence-corrected chi connectivity index (χ1v) is 8.58. The lowest BCUT2D eigenvalue weighted by molar-refractivity contribution is 0.0916. The van der Waals surface area contributed by atoms with E-state index in [4.69, 9.17) is 0 Å². The van der Waals surface area contributed by atoms with E-state index in [1.165, 1.54) is 24.3 Å². The zero-order valence-corrected chi connectivity index (χ0v) is 12.9. The van der Waals surface area contributed by atoms with E-state index in [1.54, 1.807) is 24.3 Å². The third-order valence-electron chi connectivity index (χ3n) is 3.16. The van der Waals surface area contributed by atoms with Crippen LogP contribution in [0.15, 0.2) is 59.5 Å². The second kappa shape index (κ2) is 6.72. The number of nitrogens with one attached hydrogen (secondary N) is 1. The highest BCUT2D eigenvalue weighted by atomic mass is 32.2. The fourth-order valence-electron chi connectivity index (χ4n) is 1.95. The number of sulfone groups is 1. The molecule has 0 spiro atoms. The number of rotatable bonds is 5. The number of aliphatic hydroxyl groups is 1. The van der Waals surface area contributed by atoms with Crippen molar-refractivity contribution in [2.24, 2.45) is 0 Å². The van der Waals surface area contributed by atoms with Gasteiger partial charge in [-0.25, -0.2) is 8.42 Å². The second-order valence-corrected chi connectivity index (χ2v) is 6.95. The molecule has 0 aliphatic rings. The van der Waals surface area contributed by atoms with Crippen LogP contribution in [0.1, 0.15) is 22.0 Å². The van der Waals surface area contributed by atoms with Crippen LogP contribution in [-0.4, -0.2) is 32.2 Å². The molecule has 0 fully saturated rings. The monoisotopic (exact) mass is 319 g/mol. The van der Waals surface area contributed by atoms with Gasteiger partial charge < -0.3 is 10.4 Å². The maximum Gasteiger partial charge on any atom is 0.251 e. The number of hydrogen-bond acceptors (Lipinski definition) is 4. The summed E-state index contributed by atoms with van der Waals surface area (Å²) in [4.78, 5) is 12.1. The van der Waals surface area contributed by atoms with E-state index in [0.29, 0.717) is 5.56 Å². The first kappa shape index (κ1) is 16.2. The molecule has 2 rings (SSSR count). The van der Waals surface area contributed by atoms with Gasteiger partial charge >= 0.3 is 0 Å². The third kappa shape index (κ3) is 4.16. The standard InChI is InChI=1S/C16H17NO4S/c1-22(20,21)14-9-5-8-13(10-14)16(19)17-11-15(18)12-6-3-2-4-7-12/h2-10,15,18H,11H2,1H3,(H,17,19). The summed E-state index contributed by atoms with van der Waals surface area (Å²) in [6.45, 7) is 0.0476. The van der Waals surface area contributed by atoms with Gasteiger partial charge in [0.1, 0.15) is 0 Å². The lowest BCUT2D eigenvalue weighted by atomic mass is 10.1. The molecule has 116 valence electrons. The van der Waals surface area contributed by atoms with E-state index >= 15 is 0 Å². The Balaban J connectivity index is 2.04. The number of amides is 1. The van der Waals surface area contributed by atoms with Gasteiger partial charge in [-0.1, -0.05) is 36.4 Å². The van der Waals surface area contributed by atoms with Crippen molar-refractivity contribution in [3.63, 3.8) is 0 Å². The Morgan fingerprint density at radius 1 is 1.14 bits per heavy atom. The average molecular weight is 319 g/mol. The van der Waals surface area contributed by atoms with Crippen molar-refractivity contribution in [3.05, 3.63) is 65.7 Å². The number of aliphatic hydroxyl groups excluding tert-OH is 1. The maximum absolute atomic E-state index is 12.0. The molecule has 5 nitrogen and oxygen atoms in total. The fraction of sp³-hybridized carbons (Fsp3) is 0.188. The molecule has 6 heteroatoms. The Morgan fingerprint density at radius 2 is 1.82 bits per heavy atom. The van der Waals surface area contributed by atoms with E-state index < -0.39 is 21.8 Å². The molecule has 1 unspecified atom stereocenters. The predicted octanol–water partition coefficient (Wildman–Crippen LogP) is 1.55. The summed E-state index contributed by atoms with van der Waals surface area (Å²) in [5.74, 6) is -0.430. The minimum Gasteiger partial charge on any atom is -0.387 e. The fourth-order valence-corrected chi connectivity index (χ4v) is 2.62. The number of hydrogen-bond donors (Lipinski definition) is 2. The van der Waals surface area contributed by atoms with E-state index in [1.807, 2.05) is 6.07 Å². The summed E-state index contributed by atoms with van der Waals surface area (Å²) in [6.07, 6.45) is 0.270. The van der Waals surface area contributed by atoms with Gasteiger partial charge in [0, 0.05) is 18.4 Å². The van der Waals surface area contributed by atoms with Crippen molar-refractivity contribution in [2.45, 2.75) is 11.0 Å². The molecule has 0 radical (unpaired) electrons. The van der Waals surface area contributed by atoms with E-state index in [9.17, 15) is 18.3 Å². The van der Waals surface area contributed by atoms with Gasteiger partial charge in [-0.15, -0.1) is 0 Å². The summed E-state index contributed by atoms with van der Waals surface area (Å²) in [7, 11) is -3.36. The molecule has 2 aromatic carbocycles. The lowest BCUT2D eigenvalue weighted by Gasteiger charge is -2.12. The normalized spacial score (nSPS) is 12.6. The van der Waals surface area contributed by atoms with Crippen LogP contribution in [0.5, 0.6) is 0 Å². The van der Waals surface area contributed by atoms with Gasteiger partial charge in [0.25, 0.3) is 5.91 Å². The van der Waals surface area contributed by atoms with Crippen molar-refractivity contribution >= 4 is 15.7 Å². The number of carbonyl (C=O) groups excluding carboxylic acids is 1. The molecule has 0 aliphatic carbocycles. The highest BCUT2D eigenvalue weighted by molar-refractivity contribution is 7.90. The van der Waals surface area contributed by atoms with E-state index in [-0.39, 0.29) is 17.0 Å². The predicted molar refractivity (Wildman–Crippen MR) is 83.3 cm³/mol. The molecular formula is C16H17NO4S. The number of carbonyl (C=O) groups is 1. The quantitative estimate of drug-likeness (QED) is 0.876. The highest BCUT2D eigenvalue weighted by Gasteiger charge is 2.13. The van der Waals surface area contributed by atoms with Gasteiger partial charge in [0.15, 0.2) is 9.84 Å². The molecule has 0 aromatic heterocycles. The molecule has 1 atom stereocenters. The molecule has 0 heterocycles. The van der Waals surface area contributed by atoms with Crippen molar-refractivity contribution in [1.82, 2.24) is 5.32 Å². The van der Waals surface area contributed by atoms with Crippen LogP contribution >= 0.6 is 0 Å². The summed E-state index contributed by atoms with van der Waals surface area (Å²) in [6, 6.07) is 14.8. The van der Waals surface area contributed by atoms with Crippen LogP contribution in [0, 0.1) is 0 Å². The third-order valence-corrected chi connectivity index (χ3v) is 4.27. The molecule has 2 aromatic rings.